The van der Waals surface area contributed by atoms with Crippen LogP contribution >= 0.6 is 0 Å². The standard InChI is InChI=1S/C42H25NO4/c44-41-37(28-12-2-1-3-13-28)39-40(47-41)38(42(45)46-39)31-21-20-30-25-32(23-22-29(30)24-31)43(35-18-8-14-26-10-4-6-16-33(26)35)36-19-9-15-27-11-5-7-17-34(27)36/h1-25H. The number of fused-ring (bicyclic) bond motifs is 4. The summed E-state index contributed by atoms with van der Waals surface area (Å²) in [5.74, 6) is -0.714. The van der Waals surface area contributed by atoms with Gasteiger partial charge in [-0.25, -0.2) is 9.59 Å². The minimum atomic E-state index is -0.537. The number of benzene rings is 7. The van der Waals surface area contributed by atoms with E-state index in [1.807, 2.05) is 36.4 Å². The van der Waals surface area contributed by atoms with Crippen molar-refractivity contribution < 1.29 is 19.1 Å². The first-order valence-corrected chi connectivity index (χ1v) is 15.4. The predicted octanol–water partition coefficient (Wildman–Crippen LogP) is 9.85. The van der Waals surface area contributed by atoms with E-state index in [9.17, 15) is 9.59 Å². The molecule has 0 saturated heterocycles. The number of hydrogen-bond acceptors (Lipinski definition) is 5. The molecular weight excluding hydrogens is 582 g/mol. The molecule has 5 nitrogen and oxygen atoms in total. The molecule has 0 spiro atoms. The van der Waals surface area contributed by atoms with Crippen molar-refractivity contribution in [1.82, 2.24) is 0 Å². The Labute approximate surface area is 270 Å². The van der Waals surface area contributed by atoms with Gasteiger partial charge in [0.25, 0.3) is 0 Å². The highest BCUT2D eigenvalue weighted by Gasteiger charge is 2.43. The van der Waals surface area contributed by atoms with Gasteiger partial charge >= 0.3 is 11.9 Å². The first kappa shape index (κ1) is 26.9. The number of rotatable bonds is 5. The number of carbonyl (C=O) groups is 2. The Morgan fingerprint density at radius 2 is 0.915 bits per heavy atom. The van der Waals surface area contributed by atoms with Gasteiger partial charge in [-0.05, 0) is 63.0 Å². The first-order valence-electron chi connectivity index (χ1n) is 15.4. The van der Waals surface area contributed by atoms with E-state index in [1.165, 1.54) is 0 Å². The fourth-order valence-electron chi connectivity index (χ4n) is 6.74. The third-order valence-corrected chi connectivity index (χ3v) is 8.91. The van der Waals surface area contributed by atoms with Crippen LogP contribution in [0.4, 0.5) is 17.1 Å². The third kappa shape index (κ3) is 4.32. The zero-order valence-corrected chi connectivity index (χ0v) is 25.0. The highest BCUT2D eigenvalue weighted by Crippen LogP contribution is 2.45. The molecule has 0 radical (unpaired) electrons. The molecule has 2 aliphatic rings. The zero-order valence-electron chi connectivity index (χ0n) is 25.0. The van der Waals surface area contributed by atoms with E-state index in [1.54, 1.807) is 12.1 Å². The fourth-order valence-corrected chi connectivity index (χ4v) is 6.74. The van der Waals surface area contributed by atoms with Gasteiger partial charge in [0.1, 0.15) is 11.1 Å². The summed E-state index contributed by atoms with van der Waals surface area (Å²) in [6.45, 7) is 0. The second kappa shape index (κ2) is 10.6. The smallest absolute Gasteiger partial charge is 0.348 e. The van der Waals surface area contributed by atoms with Gasteiger partial charge in [-0.3, -0.25) is 0 Å². The van der Waals surface area contributed by atoms with E-state index in [4.69, 9.17) is 9.47 Å². The van der Waals surface area contributed by atoms with Crippen molar-refractivity contribution in [2.75, 3.05) is 4.90 Å². The zero-order chi connectivity index (χ0) is 31.5. The first-order chi connectivity index (χ1) is 23.1. The van der Waals surface area contributed by atoms with Crippen LogP contribution in [0, 0.1) is 0 Å². The number of hydrogen-bond donors (Lipinski definition) is 0. The van der Waals surface area contributed by atoms with Crippen LogP contribution in [-0.2, 0) is 19.1 Å². The molecule has 7 aromatic carbocycles. The Balaban J connectivity index is 1.19. The molecule has 0 amide bonds. The molecule has 9 rings (SSSR count). The normalized spacial score (nSPS) is 14.2. The van der Waals surface area contributed by atoms with Gasteiger partial charge in [-0.15, -0.1) is 0 Å². The molecule has 0 bridgehead atoms. The third-order valence-electron chi connectivity index (χ3n) is 8.91. The lowest BCUT2D eigenvalue weighted by atomic mass is 9.99. The van der Waals surface area contributed by atoms with Crippen LogP contribution in [0.5, 0.6) is 0 Å². The molecule has 0 atom stereocenters. The maximum Gasteiger partial charge on any atom is 0.348 e. The van der Waals surface area contributed by atoms with Gasteiger partial charge in [0, 0.05) is 16.5 Å². The lowest BCUT2D eigenvalue weighted by molar-refractivity contribution is -0.131. The fraction of sp³-hybridized carbons (Fsp3) is 0. The summed E-state index contributed by atoms with van der Waals surface area (Å²) < 4.78 is 11.3. The van der Waals surface area contributed by atoms with Crippen LogP contribution < -0.4 is 4.90 Å². The van der Waals surface area contributed by atoms with E-state index >= 15 is 0 Å². The number of nitrogens with zero attached hydrogens (tertiary/aromatic N) is 1. The van der Waals surface area contributed by atoms with E-state index in [0.717, 1.165) is 49.4 Å². The molecular formula is C42H25NO4. The van der Waals surface area contributed by atoms with E-state index in [2.05, 4.69) is 108 Å². The second-order valence-electron chi connectivity index (χ2n) is 11.6. The number of carbonyl (C=O) groups excluding carboxylic acids is 2. The van der Waals surface area contributed by atoms with Crippen LogP contribution in [0.1, 0.15) is 11.1 Å². The van der Waals surface area contributed by atoms with Crippen molar-refractivity contribution in [3.05, 3.63) is 174 Å². The maximum atomic E-state index is 13.2. The molecule has 47 heavy (non-hydrogen) atoms. The van der Waals surface area contributed by atoms with Crippen molar-refractivity contribution in [3.63, 3.8) is 0 Å². The Hall–Kier alpha value is -6.46. The summed E-state index contributed by atoms with van der Waals surface area (Å²) in [4.78, 5) is 28.4. The lowest BCUT2D eigenvalue weighted by Gasteiger charge is -2.28. The molecule has 5 heteroatoms. The van der Waals surface area contributed by atoms with Gasteiger partial charge in [-0.1, -0.05) is 121 Å². The molecule has 0 fully saturated rings. The second-order valence-corrected chi connectivity index (χ2v) is 11.6. The molecule has 2 heterocycles. The molecule has 0 unspecified atom stereocenters. The summed E-state index contributed by atoms with van der Waals surface area (Å²) in [6, 6.07) is 50.9. The minimum absolute atomic E-state index is 0.174. The van der Waals surface area contributed by atoms with Crippen molar-refractivity contribution in [2.45, 2.75) is 0 Å². The van der Waals surface area contributed by atoms with Gasteiger partial charge in [0.05, 0.1) is 11.4 Å². The summed E-state index contributed by atoms with van der Waals surface area (Å²) >= 11 is 0. The Bertz CT molecular complexity index is 2420. The molecule has 222 valence electrons. The number of ether oxygens (including phenoxy) is 2. The lowest BCUT2D eigenvalue weighted by Crippen LogP contribution is -2.11. The molecule has 0 aliphatic carbocycles. The largest absolute Gasteiger partial charge is 0.418 e. The summed E-state index contributed by atoms with van der Waals surface area (Å²) in [5.41, 5.74) is 4.93. The maximum absolute atomic E-state index is 13.2. The van der Waals surface area contributed by atoms with E-state index in [0.29, 0.717) is 11.1 Å². The summed E-state index contributed by atoms with van der Waals surface area (Å²) in [6.07, 6.45) is 0. The van der Waals surface area contributed by atoms with Crippen LogP contribution in [0.3, 0.4) is 0 Å². The topological polar surface area (TPSA) is 55.8 Å². The summed E-state index contributed by atoms with van der Waals surface area (Å²) in [5, 5.41) is 6.56. The van der Waals surface area contributed by atoms with Crippen molar-refractivity contribution in [1.29, 1.82) is 0 Å². The average molecular weight is 608 g/mol. The number of esters is 2. The van der Waals surface area contributed by atoms with Gasteiger partial charge in [-0.2, -0.15) is 0 Å². The van der Waals surface area contributed by atoms with Crippen LogP contribution in [-0.4, -0.2) is 11.9 Å². The molecule has 0 aromatic heterocycles. The van der Waals surface area contributed by atoms with Gasteiger partial charge in [0.15, 0.2) is 11.5 Å². The Morgan fingerprint density at radius 3 is 1.55 bits per heavy atom. The van der Waals surface area contributed by atoms with Crippen LogP contribution in [0.25, 0.3) is 43.5 Å². The Morgan fingerprint density at radius 1 is 0.404 bits per heavy atom. The number of anilines is 3. The highest BCUT2D eigenvalue weighted by molar-refractivity contribution is 6.29. The Kier molecular flexibility index (Phi) is 6.05. The van der Waals surface area contributed by atoms with Crippen molar-refractivity contribution >= 4 is 72.5 Å². The summed E-state index contributed by atoms with van der Waals surface area (Å²) in [7, 11) is 0. The quantitative estimate of drug-likeness (QED) is 0.182. The average Bonchev–Trinajstić information content (AvgIpc) is 3.60. The van der Waals surface area contributed by atoms with E-state index < -0.39 is 11.9 Å². The minimum Gasteiger partial charge on any atom is -0.418 e. The molecule has 7 aromatic rings. The van der Waals surface area contributed by atoms with Crippen LogP contribution in [0.2, 0.25) is 0 Å². The molecule has 2 aliphatic heterocycles. The van der Waals surface area contributed by atoms with Gasteiger partial charge in [0.2, 0.25) is 0 Å². The van der Waals surface area contributed by atoms with E-state index in [-0.39, 0.29) is 22.7 Å². The monoisotopic (exact) mass is 607 g/mol. The predicted molar refractivity (Wildman–Crippen MR) is 186 cm³/mol. The van der Waals surface area contributed by atoms with Crippen LogP contribution in [0.15, 0.2) is 163 Å². The van der Waals surface area contributed by atoms with Crippen molar-refractivity contribution in [3.8, 4) is 0 Å². The van der Waals surface area contributed by atoms with Crippen molar-refractivity contribution in [2.24, 2.45) is 0 Å². The SMILES string of the molecule is O=C1OC2=C(c3ccc4cc(N(c5cccc6ccccc56)c5cccc6ccccc56)ccc4c3)C(=O)OC2=C1c1ccccc1. The molecule has 0 saturated carbocycles. The molecule has 0 N–H and O–H groups in total. The van der Waals surface area contributed by atoms with Gasteiger partial charge < -0.3 is 14.4 Å². The highest BCUT2D eigenvalue weighted by atomic mass is 16.6.